The Kier molecular flexibility index (Phi) is 4.56. The largest absolute Gasteiger partial charge is 0.327 e. The fourth-order valence-corrected chi connectivity index (χ4v) is 3.57. The molecule has 0 bridgehead atoms. The van der Waals surface area contributed by atoms with Crippen molar-refractivity contribution in [2.24, 2.45) is 0 Å². The number of hydrogen-bond acceptors (Lipinski definition) is 1. The van der Waals surface area contributed by atoms with E-state index in [9.17, 15) is 4.79 Å². The fourth-order valence-electron chi connectivity index (χ4n) is 3.27. The predicted octanol–water partition coefficient (Wildman–Crippen LogP) is 6.54. The fraction of sp³-hybridized carbons (Fsp3) is 0.250. The lowest BCUT2D eigenvalue weighted by Gasteiger charge is -2.41. The smallest absolute Gasteiger partial charge is 0.307 e. The molecule has 0 fully saturated rings. The quantitative estimate of drug-likeness (QED) is 0.603. The summed E-state index contributed by atoms with van der Waals surface area (Å²) in [6.45, 7) is 8.17. The summed E-state index contributed by atoms with van der Waals surface area (Å²) >= 11 is 12.0. The molecule has 130 valence electrons. The van der Waals surface area contributed by atoms with Crippen LogP contribution in [0.4, 0.5) is 16.2 Å². The predicted molar refractivity (Wildman–Crippen MR) is 107 cm³/mol. The van der Waals surface area contributed by atoms with Crippen molar-refractivity contribution in [3.05, 3.63) is 63.6 Å². The van der Waals surface area contributed by atoms with Crippen molar-refractivity contribution in [3.8, 4) is 0 Å². The van der Waals surface area contributed by atoms with Crippen LogP contribution in [-0.4, -0.2) is 11.6 Å². The maximum absolute atomic E-state index is 13.0. The molecule has 0 saturated heterocycles. The van der Waals surface area contributed by atoms with Crippen LogP contribution in [0.3, 0.4) is 0 Å². The first kappa shape index (κ1) is 17.8. The third kappa shape index (κ3) is 3.39. The summed E-state index contributed by atoms with van der Waals surface area (Å²) < 4.78 is 0. The van der Waals surface area contributed by atoms with E-state index in [1.165, 1.54) is 5.57 Å². The van der Waals surface area contributed by atoms with Crippen molar-refractivity contribution < 1.29 is 4.79 Å². The second-order valence-electron chi connectivity index (χ2n) is 6.90. The summed E-state index contributed by atoms with van der Waals surface area (Å²) in [5, 5.41) is 3.78. The third-order valence-corrected chi connectivity index (χ3v) is 5.08. The van der Waals surface area contributed by atoms with Crippen molar-refractivity contribution in [2.75, 3.05) is 10.2 Å². The molecule has 2 aromatic carbocycles. The number of nitrogens with zero attached hydrogens (tertiary/aromatic N) is 1. The van der Waals surface area contributed by atoms with E-state index in [0.717, 1.165) is 16.8 Å². The van der Waals surface area contributed by atoms with E-state index < -0.39 is 5.54 Å². The molecule has 0 aromatic heterocycles. The Bertz CT molecular complexity index is 887. The van der Waals surface area contributed by atoms with Gasteiger partial charge in [0.1, 0.15) is 0 Å². The number of fused-ring (bicyclic) bond motifs is 1. The van der Waals surface area contributed by atoms with Gasteiger partial charge in [-0.2, -0.15) is 0 Å². The second kappa shape index (κ2) is 6.40. The van der Waals surface area contributed by atoms with Crippen LogP contribution in [0.15, 0.2) is 42.5 Å². The van der Waals surface area contributed by atoms with Crippen molar-refractivity contribution >= 4 is 46.2 Å². The van der Waals surface area contributed by atoms with Gasteiger partial charge in [-0.25, -0.2) is 4.79 Å². The molecular formula is C20H20Cl2N2O. The van der Waals surface area contributed by atoms with Gasteiger partial charge < -0.3 is 5.32 Å². The van der Waals surface area contributed by atoms with E-state index in [4.69, 9.17) is 23.2 Å². The van der Waals surface area contributed by atoms with Crippen LogP contribution in [-0.2, 0) is 0 Å². The van der Waals surface area contributed by atoms with E-state index in [0.29, 0.717) is 15.7 Å². The molecule has 0 radical (unpaired) electrons. The SMILES string of the molecule is CC1=CC(C)(C)N(C(=O)Nc2ccc(Cl)c(Cl)c2)c2ccc(C)cc21. The van der Waals surface area contributed by atoms with Gasteiger partial charge in [-0.3, -0.25) is 4.90 Å². The Morgan fingerprint density at radius 3 is 2.44 bits per heavy atom. The highest BCUT2D eigenvalue weighted by atomic mass is 35.5. The maximum atomic E-state index is 13.0. The standard InChI is InChI=1S/C20H20Cl2N2O/c1-12-5-8-18-15(9-12)13(2)11-20(3,4)24(18)19(25)23-14-6-7-16(21)17(22)10-14/h5-11H,1-4H3,(H,23,25). The molecule has 5 heteroatoms. The van der Waals surface area contributed by atoms with Gasteiger partial charge in [-0.15, -0.1) is 0 Å². The Hall–Kier alpha value is -1.97. The molecule has 2 amide bonds. The Morgan fingerprint density at radius 2 is 1.76 bits per heavy atom. The number of halogens is 2. The summed E-state index contributed by atoms with van der Waals surface area (Å²) in [6, 6.07) is 11.0. The van der Waals surface area contributed by atoms with Crippen LogP contribution in [0.5, 0.6) is 0 Å². The number of rotatable bonds is 1. The molecule has 25 heavy (non-hydrogen) atoms. The second-order valence-corrected chi connectivity index (χ2v) is 7.71. The van der Waals surface area contributed by atoms with Gasteiger partial charge in [-0.05, 0) is 63.6 Å². The van der Waals surface area contributed by atoms with Gasteiger partial charge in [0.15, 0.2) is 0 Å². The van der Waals surface area contributed by atoms with Crippen LogP contribution in [0.2, 0.25) is 10.0 Å². The van der Waals surface area contributed by atoms with Crippen LogP contribution in [0, 0.1) is 6.92 Å². The number of nitrogens with one attached hydrogen (secondary N) is 1. The summed E-state index contributed by atoms with van der Waals surface area (Å²) in [5.41, 5.74) is 4.46. The number of hydrogen-bond donors (Lipinski definition) is 1. The van der Waals surface area contributed by atoms with Crippen LogP contribution < -0.4 is 10.2 Å². The summed E-state index contributed by atoms with van der Waals surface area (Å²) in [6.07, 6.45) is 2.11. The minimum absolute atomic E-state index is 0.211. The number of amides is 2. The lowest BCUT2D eigenvalue weighted by atomic mass is 9.88. The van der Waals surface area contributed by atoms with Crippen molar-refractivity contribution in [3.63, 3.8) is 0 Å². The molecule has 0 unspecified atom stereocenters. The van der Waals surface area contributed by atoms with Gasteiger partial charge in [-0.1, -0.05) is 40.9 Å². The molecule has 1 heterocycles. The molecule has 0 atom stereocenters. The lowest BCUT2D eigenvalue weighted by Crippen LogP contribution is -2.50. The average Bonchev–Trinajstić information content (AvgIpc) is 2.51. The minimum atomic E-state index is -0.452. The van der Waals surface area contributed by atoms with Crippen molar-refractivity contribution in [1.82, 2.24) is 0 Å². The molecule has 2 aromatic rings. The van der Waals surface area contributed by atoms with Crippen molar-refractivity contribution in [2.45, 2.75) is 33.2 Å². The molecule has 1 aliphatic heterocycles. The molecule has 3 rings (SSSR count). The Morgan fingerprint density at radius 1 is 1.04 bits per heavy atom. The van der Waals surface area contributed by atoms with Gasteiger partial charge in [0.25, 0.3) is 0 Å². The summed E-state index contributed by atoms with van der Waals surface area (Å²) in [4.78, 5) is 14.8. The molecular weight excluding hydrogens is 355 g/mol. The maximum Gasteiger partial charge on any atom is 0.327 e. The first-order valence-corrected chi connectivity index (χ1v) is 8.81. The van der Waals surface area contributed by atoms with E-state index in [1.807, 2.05) is 32.9 Å². The molecule has 1 N–H and O–H groups in total. The zero-order valence-electron chi connectivity index (χ0n) is 14.7. The number of aryl methyl sites for hydroxylation is 1. The van der Waals surface area contributed by atoms with Gasteiger partial charge in [0, 0.05) is 11.3 Å². The van der Waals surface area contributed by atoms with Crippen molar-refractivity contribution in [1.29, 1.82) is 0 Å². The Labute approximate surface area is 158 Å². The van der Waals surface area contributed by atoms with E-state index in [-0.39, 0.29) is 6.03 Å². The van der Waals surface area contributed by atoms with Crippen LogP contribution in [0.1, 0.15) is 31.9 Å². The Balaban J connectivity index is 2.00. The topological polar surface area (TPSA) is 32.3 Å². The number of urea groups is 1. The first-order valence-electron chi connectivity index (χ1n) is 8.06. The molecule has 3 nitrogen and oxygen atoms in total. The first-order chi connectivity index (χ1) is 11.7. The zero-order valence-corrected chi connectivity index (χ0v) is 16.2. The van der Waals surface area contributed by atoms with E-state index in [1.54, 1.807) is 23.1 Å². The highest BCUT2D eigenvalue weighted by molar-refractivity contribution is 6.42. The highest BCUT2D eigenvalue weighted by Crippen LogP contribution is 2.39. The number of allylic oxidation sites excluding steroid dienone is 1. The highest BCUT2D eigenvalue weighted by Gasteiger charge is 2.35. The zero-order chi connectivity index (χ0) is 18.4. The van der Waals surface area contributed by atoms with Crippen LogP contribution >= 0.6 is 23.2 Å². The third-order valence-electron chi connectivity index (χ3n) is 4.34. The molecule has 0 saturated carbocycles. The van der Waals surface area contributed by atoms with E-state index in [2.05, 4.69) is 24.4 Å². The molecule has 1 aliphatic rings. The number of anilines is 2. The number of carbonyl (C=O) groups is 1. The van der Waals surface area contributed by atoms with Crippen LogP contribution in [0.25, 0.3) is 5.57 Å². The van der Waals surface area contributed by atoms with Gasteiger partial charge >= 0.3 is 6.03 Å². The minimum Gasteiger partial charge on any atom is -0.307 e. The van der Waals surface area contributed by atoms with Gasteiger partial charge in [0.2, 0.25) is 0 Å². The molecule has 0 aliphatic carbocycles. The summed E-state index contributed by atoms with van der Waals surface area (Å²) in [7, 11) is 0. The monoisotopic (exact) mass is 374 g/mol. The molecule has 0 spiro atoms. The number of carbonyl (C=O) groups excluding carboxylic acids is 1. The summed E-state index contributed by atoms with van der Waals surface area (Å²) in [5.74, 6) is 0. The lowest BCUT2D eigenvalue weighted by molar-refractivity contribution is 0.253. The van der Waals surface area contributed by atoms with E-state index >= 15 is 0 Å². The van der Waals surface area contributed by atoms with Gasteiger partial charge in [0.05, 0.1) is 21.3 Å². The normalized spacial score (nSPS) is 15.4. The number of benzene rings is 2. The average molecular weight is 375 g/mol.